The van der Waals surface area contributed by atoms with Crippen molar-refractivity contribution in [2.75, 3.05) is 13.2 Å². The second-order valence-corrected chi connectivity index (χ2v) is 4.92. The van der Waals surface area contributed by atoms with Gasteiger partial charge in [0.15, 0.2) is 0 Å². The number of hydrogen-bond donors (Lipinski definition) is 1. The number of esters is 2. The van der Waals surface area contributed by atoms with Crippen LogP contribution >= 0.6 is 15.9 Å². The minimum Gasteiger partial charge on any atom is -0.462 e. The van der Waals surface area contributed by atoms with E-state index in [1.54, 1.807) is 32.0 Å². The van der Waals surface area contributed by atoms with E-state index in [9.17, 15) is 9.59 Å². The van der Waals surface area contributed by atoms with E-state index in [2.05, 4.69) is 20.9 Å². The number of carbonyl (C=O) groups is 2. The Morgan fingerprint density at radius 3 is 2.45 bits per heavy atom. The third-order valence-electron chi connectivity index (χ3n) is 2.72. The molecule has 0 aliphatic heterocycles. The summed E-state index contributed by atoms with van der Waals surface area (Å²) >= 11 is 3.35. The highest BCUT2D eigenvalue weighted by molar-refractivity contribution is 9.10. The molecule has 0 radical (unpaired) electrons. The molecule has 2 aromatic rings. The largest absolute Gasteiger partial charge is 0.462 e. The molecular formula is C14H14BrNO4. The first-order valence-electron chi connectivity index (χ1n) is 6.24. The van der Waals surface area contributed by atoms with E-state index in [0.29, 0.717) is 10.9 Å². The second-order valence-electron chi connectivity index (χ2n) is 4.01. The molecule has 0 unspecified atom stereocenters. The van der Waals surface area contributed by atoms with E-state index >= 15 is 0 Å². The van der Waals surface area contributed by atoms with Gasteiger partial charge in [0.1, 0.15) is 5.69 Å². The third-order valence-corrected chi connectivity index (χ3v) is 3.21. The zero-order chi connectivity index (χ0) is 14.7. The van der Waals surface area contributed by atoms with Crippen molar-refractivity contribution in [3.63, 3.8) is 0 Å². The number of benzene rings is 1. The fourth-order valence-corrected chi connectivity index (χ4v) is 2.30. The molecule has 0 aliphatic rings. The minimum atomic E-state index is -0.567. The van der Waals surface area contributed by atoms with E-state index in [1.807, 2.05) is 0 Å². The summed E-state index contributed by atoms with van der Waals surface area (Å²) in [7, 11) is 0. The minimum absolute atomic E-state index is 0.124. The second kappa shape index (κ2) is 6.09. The zero-order valence-corrected chi connectivity index (χ0v) is 12.7. The van der Waals surface area contributed by atoms with Crippen LogP contribution in [0.2, 0.25) is 0 Å². The van der Waals surface area contributed by atoms with Crippen LogP contribution in [0.5, 0.6) is 0 Å². The number of fused-ring (bicyclic) bond motifs is 1. The molecule has 20 heavy (non-hydrogen) atoms. The number of ether oxygens (including phenoxy) is 2. The Hall–Kier alpha value is -1.82. The van der Waals surface area contributed by atoms with Crippen molar-refractivity contribution in [2.45, 2.75) is 13.8 Å². The molecule has 6 heteroatoms. The summed E-state index contributed by atoms with van der Waals surface area (Å²) in [6, 6.07) is 5.35. The smallest absolute Gasteiger partial charge is 0.355 e. The van der Waals surface area contributed by atoms with Gasteiger partial charge in [-0.25, -0.2) is 9.59 Å². The highest BCUT2D eigenvalue weighted by Gasteiger charge is 2.25. The number of rotatable bonds is 4. The molecule has 0 atom stereocenters. The number of carbonyl (C=O) groups excluding carboxylic acids is 2. The fraction of sp³-hybridized carbons (Fsp3) is 0.286. The highest BCUT2D eigenvalue weighted by Crippen LogP contribution is 2.26. The average Bonchev–Trinajstić information content (AvgIpc) is 2.77. The Kier molecular flexibility index (Phi) is 4.44. The molecule has 0 fully saturated rings. The van der Waals surface area contributed by atoms with Crippen LogP contribution < -0.4 is 0 Å². The van der Waals surface area contributed by atoms with E-state index in [1.165, 1.54) is 0 Å². The maximum absolute atomic E-state index is 12.1. The average molecular weight is 340 g/mol. The van der Waals surface area contributed by atoms with Crippen LogP contribution in [-0.4, -0.2) is 30.1 Å². The van der Waals surface area contributed by atoms with Gasteiger partial charge in [0.05, 0.1) is 18.8 Å². The van der Waals surface area contributed by atoms with Crippen LogP contribution in [-0.2, 0) is 9.47 Å². The molecule has 0 saturated carbocycles. The Labute approximate surface area is 124 Å². The van der Waals surface area contributed by atoms with E-state index in [0.717, 1.165) is 4.47 Å². The molecule has 0 spiro atoms. The van der Waals surface area contributed by atoms with Crippen molar-refractivity contribution in [3.8, 4) is 0 Å². The molecule has 2 rings (SSSR count). The summed E-state index contributed by atoms with van der Waals surface area (Å²) in [6.45, 7) is 3.90. The van der Waals surface area contributed by atoms with Gasteiger partial charge >= 0.3 is 11.9 Å². The number of aromatic nitrogens is 1. The monoisotopic (exact) mass is 339 g/mol. The summed E-state index contributed by atoms with van der Waals surface area (Å²) in [6.07, 6.45) is 0. The van der Waals surface area contributed by atoms with Gasteiger partial charge in [-0.15, -0.1) is 0 Å². The first-order chi connectivity index (χ1) is 9.58. The van der Waals surface area contributed by atoms with Crippen LogP contribution in [0.15, 0.2) is 22.7 Å². The number of aromatic amines is 1. The molecule has 0 amide bonds. The van der Waals surface area contributed by atoms with Crippen LogP contribution in [0, 0.1) is 0 Å². The van der Waals surface area contributed by atoms with Crippen molar-refractivity contribution in [1.29, 1.82) is 0 Å². The molecule has 1 aromatic heterocycles. The maximum Gasteiger partial charge on any atom is 0.355 e. The molecule has 0 saturated heterocycles. The lowest BCUT2D eigenvalue weighted by Gasteiger charge is -2.04. The fourth-order valence-electron chi connectivity index (χ4n) is 1.94. The molecule has 0 bridgehead atoms. The summed E-state index contributed by atoms with van der Waals surface area (Å²) in [4.78, 5) is 27.0. The Morgan fingerprint density at radius 2 is 1.80 bits per heavy atom. The molecule has 106 valence electrons. The number of hydrogen-bond acceptors (Lipinski definition) is 4. The molecule has 1 heterocycles. The number of H-pyrrole nitrogens is 1. The van der Waals surface area contributed by atoms with Crippen molar-refractivity contribution < 1.29 is 19.1 Å². The molecule has 1 aromatic carbocycles. The topological polar surface area (TPSA) is 68.4 Å². The Morgan fingerprint density at radius 1 is 1.15 bits per heavy atom. The quantitative estimate of drug-likeness (QED) is 0.868. The first kappa shape index (κ1) is 14.6. The lowest BCUT2D eigenvalue weighted by atomic mass is 10.1. The standard InChI is InChI=1S/C14H14BrNO4/c1-3-19-13(17)11-9-6-5-8(15)7-10(9)16-12(11)14(18)20-4-2/h5-7,16H,3-4H2,1-2H3. The number of halogens is 1. The van der Waals surface area contributed by atoms with Crippen molar-refractivity contribution in [3.05, 3.63) is 33.9 Å². The SMILES string of the molecule is CCOC(=O)c1[nH]c2cc(Br)ccc2c1C(=O)OCC. The molecular weight excluding hydrogens is 326 g/mol. The maximum atomic E-state index is 12.1. The van der Waals surface area contributed by atoms with Gasteiger partial charge in [-0.05, 0) is 26.0 Å². The lowest BCUT2D eigenvalue weighted by molar-refractivity contribution is 0.0477. The van der Waals surface area contributed by atoms with Crippen molar-refractivity contribution in [2.24, 2.45) is 0 Å². The van der Waals surface area contributed by atoms with Crippen molar-refractivity contribution >= 4 is 38.8 Å². The van der Waals surface area contributed by atoms with Gasteiger partial charge in [0.2, 0.25) is 0 Å². The third kappa shape index (κ3) is 2.70. The van der Waals surface area contributed by atoms with Crippen LogP contribution in [0.3, 0.4) is 0 Å². The van der Waals surface area contributed by atoms with Crippen LogP contribution in [0.4, 0.5) is 0 Å². The summed E-state index contributed by atoms with van der Waals surface area (Å²) < 4.78 is 10.8. The van der Waals surface area contributed by atoms with Gasteiger partial charge in [-0.1, -0.05) is 22.0 Å². The Bertz CT molecular complexity index is 662. The summed E-state index contributed by atoms with van der Waals surface area (Å²) in [5, 5.41) is 0.634. The summed E-state index contributed by atoms with van der Waals surface area (Å²) in [5.41, 5.74) is 1.01. The van der Waals surface area contributed by atoms with E-state index in [-0.39, 0.29) is 24.5 Å². The van der Waals surface area contributed by atoms with Crippen molar-refractivity contribution in [1.82, 2.24) is 4.98 Å². The molecule has 0 aliphatic carbocycles. The van der Waals surface area contributed by atoms with Gasteiger partial charge in [0, 0.05) is 15.4 Å². The van der Waals surface area contributed by atoms with E-state index < -0.39 is 11.9 Å². The molecule has 1 N–H and O–H groups in total. The normalized spacial score (nSPS) is 10.6. The van der Waals surface area contributed by atoms with Gasteiger partial charge < -0.3 is 14.5 Å². The van der Waals surface area contributed by atoms with Crippen LogP contribution in [0.25, 0.3) is 10.9 Å². The Balaban J connectivity index is 2.62. The zero-order valence-electron chi connectivity index (χ0n) is 11.2. The number of nitrogens with one attached hydrogen (secondary N) is 1. The highest BCUT2D eigenvalue weighted by atomic mass is 79.9. The van der Waals surface area contributed by atoms with Gasteiger partial charge in [0.25, 0.3) is 0 Å². The van der Waals surface area contributed by atoms with Gasteiger partial charge in [-0.3, -0.25) is 0 Å². The predicted molar refractivity (Wildman–Crippen MR) is 77.9 cm³/mol. The lowest BCUT2D eigenvalue weighted by Crippen LogP contribution is -2.13. The van der Waals surface area contributed by atoms with E-state index in [4.69, 9.17) is 9.47 Å². The molecule has 5 nitrogen and oxygen atoms in total. The van der Waals surface area contributed by atoms with Gasteiger partial charge in [-0.2, -0.15) is 0 Å². The van der Waals surface area contributed by atoms with Crippen LogP contribution in [0.1, 0.15) is 34.7 Å². The summed E-state index contributed by atoms with van der Waals surface area (Å²) in [5.74, 6) is -1.10. The first-order valence-corrected chi connectivity index (χ1v) is 7.03. The predicted octanol–water partition coefficient (Wildman–Crippen LogP) is 3.28.